The van der Waals surface area contributed by atoms with E-state index in [0.29, 0.717) is 36.0 Å². The van der Waals surface area contributed by atoms with Crippen molar-refractivity contribution in [3.05, 3.63) is 41.5 Å². The Morgan fingerprint density at radius 1 is 1.04 bits per heavy atom. The van der Waals surface area contributed by atoms with E-state index in [4.69, 9.17) is 23.7 Å². The van der Waals surface area contributed by atoms with E-state index in [0.717, 1.165) is 6.42 Å². The van der Waals surface area contributed by atoms with E-state index >= 15 is 0 Å². The minimum atomic E-state index is -0.522. The van der Waals surface area contributed by atoms with Gasteiger partial charge in [0.15, 0.2) is 17.8 Å². The van der Waals surface area contributed by atoms with Gasteiger partial charge in [-0.15, -0.1) is 0 Å². The van der Waals surface area contributed by atoms with Crippen molar-refractivity contribution in [2.24, 2.45) is 0 Å². The number of ether oxygens (including phenoxy) is 5. The van der Waals surface area contributed by atoms with Gasteiger partial charge in [0.25, 0.3) is 5.91 Å². The van der Waals surface area contributed by atoms with Crippen molar-refractivity contribution in [2.75, 3.05) is 39.9 Å². The van der Waals surface area contributed by atoms with Crippen molar-refractivity contribution >= 4 is 11.6 Å². The number of hydrogen-bond donors (Lipinski definition) is 2. The van der Waals surface area contributed by atoms with Gasteiger partial charge in [-0.2, -0.15) is 0 Å². The molecule has 1 fully saturated rings. The molecule has 150 valence electrons. The molecule has 2 aromatic rings. The number of amides is 1. The molecule has 2 aromatic carbocycles. The highest BCUT2D eigenvalue weighted by Crippen LogP contribution is 2.38. The molecule has 3 rings (SSSR count). The first-order chi connectivity index (χ1) is 13.6. The van der Waals surface area contributed by atoms with Gasteiger partial charge in [0.05, 0.1) is 40.2 Å². The molecular weight excluding hydrogens is 366 g/mol. The zero-order valence-corrected chi connectivity index (χ0v) is 16.0. The number of aromatic hydroxyl groups is 1. The second kappa shape index (κ2) is 8.81. The maximum absolute atomic E-state index is 12.8. The van der Waals surface area contributed by atoms with Crippen molar-refractivity contribution < 1.29 is 33.6 Å². The van der Waals surface area contributed by atoms with Crippen molar-refractivity contribution in [3.63, 3.8) is 0 Å². The second-order valence-electron chi connectivity index (χ2n) is 6.07. The molecule has 1 aliphatic rings. The predicted molar refractivity (Wildman–Crippen MR) is 101 cm³/mol. The van der Waals surface area contributed by atoms with Gasteiger partial charge in [-0.1, -0.05) is 6.07 Å². The Hall–Kier alpha value is -2.97. The van der Waals surface area contributed by atoms with E-state index in [2.05, 4.69) is 5.32 Å². The first-order valence-corrected chi connectivity index (χ1v) is 8.75. The highest BCUT2D eigenvalue weighted by Gasteiger charge is 2.20. The molecule has 0 saturated carbocycles. The fraction of sp³-hybridized carbons (Fsp3) is 0.350. The van der Waals surface area contributed by atoms with E-state index in [1.165, 1.54) is 39.5 Å². The highest BCUT2D eigenvalue weighted by atomic mass is 16.7. The number of hydrogen-bond acceptors (Lipinski definition) is 7. The number of nitrogens with one attached hydrogen (secondary N) is 1. The van der Waals surface area contributed by atoms with Gasteiger partial charge in [-0.25, -0.2) is 0 Å². The minimum absolute atomic E-state index is 0.0691. The Bertz CT molecular complexity index is 821. The SMILES string of the molecule is COc1cc(C(=O)Nc2cc(C3OCCCO3)ccc2O)cc(OC)c1OC. The Labute approximate surface area is 162 Å². The molecule has 0 atom stereocenters. The molecular formula is C20H23NO7. The van der Waals surface area contributed by atoms with E-state index in [-0.39, 0.29) is 17.0 Å². The van der Waals surface area contributed by atoms with Gasteiger partial charge >= 0.3 is 0 Å². The van der Waals surface area contributed by atoms with Crippen LogP contribution in [0.25, 0.3) is 0 Å². The summed E-state index contributed by atoms with van der Waals surface area (Å²) in [5.41, 5.74) is 1.23. The molecule has 0 unspecified atom stereocenters. The average molecular weight is 389 g/mol. The van der Waals surface area contributed by atoms with Crippen LogP contribution in [0.5, 0.6) is 23.0 Å². The van der Waals surface area contributed by atoms with Crippen LogP contribution in [0, 0.1) is 0 Å². The Kier molecular flexibility index (Phi) is 6.23. The monoisotopic (exact) mass is 389 g/mol. The van der Waals surface area contributed by atoms with E-state index in [9.17, 15) is 9.90 Å². The Balaban J connectivity index is 1.86. The van der Waals surface area contributed by atoms with Crippen LogP contribution in [0.4, 0.5) is 5.69 Å². The first kappa shape index (κ1) is 19.8. The molecule has 28 heavy (non-hydrogen) atoms. The number of phenols is 1. The molecule has 1 aliphatic heterocycles. The summed E-state index contributed by atoms with van der Waals surface area (Å²) in [6.45, 7) is 1.19. The van der Waals surface area contributed by atoms with Gasteiger partial charge in [-0.05, 0) is 30.7 Å². The fourth-order valence-corrected chi connectivity index (χ4v) is 2.89. The van der Waals surface area contributed by atoms with Crippen LogP contribution in [0.3, 0.4) is 0 Å². The quantitative estimate of drug-likeness (QED) is 0.733. The van der Waals surface area contributed by atoms with Gasteiger partial charge in [-0.3, -0.25) is 4.79 Å². The number of benzene rings is 2. The Morgan fingerprint density at radius 3 is 2.25 bits per heavy atom. The smallest absolute Gasteiger partial charge is 0.256 e. The lowest BCUT2D eigenvalue weighted by atomic mass is 10.1. The molecule has 2 N–H and O–H groups in total. The summed E-state index contributed by atoms with van der Waals surface area (Å²) in [5.74, 6) is 0.582. The topological polar surface area (TPSA) is 95.5 Å². The summed E-state index contributed by atoms with van der Waals surface area (Å²) in [7, 11) is 4.43. The van der Waals surface area contributed by atoms with E-state index in [1.54, 1.807) is 12.1 Å². The zero-order valence-electron chi connectivity index (χ0n) is 16.0. The third kappa shape index (κ3) is 4.13. The summed E-state index contributed by atoms with van der Waals surface area (Å²) < 4.78 is 27.0. The average Bonchev–Trinajstić information content (AvgIpc) is 2.74. The predicted octanol–water partition coefficient (Wildman–Crippen LogP) is 3.11. The summed E-state index contributed by atoms with van der Waals surface area (Å²) >= 11 is 0. The fourth-order valence-electron chi connectivity index (χ4n) is 2.89. The molecule has 0 aliphatic carbocycles. The summed E-state index contributed by atoms with van der Waals surface area (Å²) in [6, 6.07) is 7.87. The third-order valence-electron chi connectivity index (χ3n) is 4.30. The molecule has 1 saturated heterocycles. The molecule has 0 aromatic heterocycles. The maximum Gasteiger partial charge on any atom is 0.256 e. The molecule has 8 nitrogen and oxygen atoms in total. The molecule has 0 spiro atoms. The number of rotatable bonds is 6. The molecule has 1 heterocycles. The van der Waals surface area contributed by atoms with Crippen LogP contribution in [0.15, 0.2) is 30.3 Å². The van der Waals surface area contributed by atoms with Crippen LogP contribution in [-0.2, 0) is 9.47 Å². The highest BCUT2D eigenvalue weighted by molar-refractivity contribution is 6.05. The maximum atomic E-state index is 12.8. The number of phenolic OH excluding ortho intramolecular Hbond substituents is 1. The molecule has 0 bridgehead atoms. The van der Waals surface area contributed by atoms with Crippen molar-refractivity contribution in [1.82, 2.24) is 0 Å². The van der Waals surface area contributed by atoms with Crippen molar-refractivity contribution in [3.8, 4) is 23.0 Å². The molecule has 0 radical (unpaired) electrons. The third-order valence-corrected chi connectivity index (χ3v) is 4.30. The van der Waals surface area contributed by atoms with E-state index < -0.39 is 12.2 Å². The van der Waals surface area contributed by atoms with Gasteiger partial charge in [0, 0.05) is 11.1 Å². The van der Waals surface area contributed by atoms with Gasteiger partial charge in [0.2, 0.25) is 5.75 Å². The Morgan fingerprint density at radius 2 is 1.68 bits per heavy atom. The van der Waals surface area contributed by atoms with Gasteiger partial charge in [0.1, 0.15) is 5.75 Å². The lowest BCUT2D eigenvalue weighted by molar-refractivity contribution is -0.183. The van der Waals surface area contributed by atoms with Gasteiger partial charge < -0.3 is 34.1 Å². The number of carbonyl (C=O) groups excluding carboxylic acids is 1. The minimum Gasteiger partial charge on any atom is -0.506 e. The van der Waals surface area contributed by atoms with Crippen molar-refractivity contribution in [1.29, 1.82) is 0 Å². The lowest BCUT2D eigenvalue weighted by Gasteiger charge is -2.24. The molecule has 8 heteroatoms. The standard InChI is InChI=1S/C20H23NO7/c1-24-16-10-13(11-17(25-2)18(16)26-3)19(23)21-14-9-12(5-6-15(14)22)20-27-7-4-8-28-20/h5-6,9-11,20,22H,4,7-8H2,1-3H3,(H,21,23). The summed E-state index contributed by atoms with van der Waals surface area (Å²) in [6.07, 6.45) is 0.311. The number of anilines is 1. The summed E-state index contributed by atoms with van der Waals surface area (Å²) in [5, 5.41) is 12.8. The van der Waals surface area contributed by atoms with Crippen LogP contribution in [-0.4, -0.2) is 45.6 Å². The largest absolute Gasteiger partial charge is 0.506 e. The summed E-state index contributed by atoms with van der Waals surface area (Å²) in [4.78, 5) is 12.8. The zero-order chi connectivity index (χ0) is 20.1. The second-order valence-corrected chi connectivity index (χ2v) is 6.07. The lowest BCUT2D eigenvalue weighted by Crippen LogP contribution is -2.18. The van der Waals surface area contributed by atoms with Crippen molar-refractivity contribution in [2.45, 2.75) is 12.7 Å². The number of carbonyl (C=O) groups is 1. The first-order valence-electron chi connectivity index (χ1n) is 8.75. The van der Waals surface area contributed by atoms with Crippen LogP contribution in [0.2, 0.25) is 0 Å². The van der Waals surface area contributed by atoms with Crippen LogP contribution < -0.4 is 19.5 Å². The number of methoxy groups -OCH3 is 3. The van der Waals surface area contributed by atoms with Crippen LogP contribution >= 0.6 is 0 Å². The van der Waals surface area contributed by atoms with E-state index in [1.807, 2.05) is 0 Å². The van der Waals surface area contributed by atoms with Crippen LogP contribution in [0.1, 0.15) is 28.6 Å². The normalized spacial score (nSPS) is 14.4. The molecule has 1 amide bonds.